The quantitative estimate of drug-likeness (QED) is 0.661. The summed E-state index contributed by atoms with van der Waals surface area (Å²) in [6.45, 7) is 3.55. The van der Waals surface area contributed by atoms with Gasteiger partial charge in [-0.25, -0.2) is 23.7 Å². The summed E-state index contributed by atoms with van der Waals surface area (Å²) in [5, 5.41) is 0. The molecule has 0 radical (unpaired) electrons. The van der Waals surface area contributed by atoms with E-state index in [0.29, 0.717) is 42.9 Å². The molecule has 1 aliphatic rings. The standard InChI is InChI=1S/C19H20F2N8O/c1-10-9-30-5-4-29(10)19-27-17(11-2-3-14(22)24-7-11)26-18(28-19)13-8-25-15(23)6-12(13)16(20)21/h2-3,6-8,10,16H,4-5,9H2,1H3,(H2,22,24)(H2,23,25)/t10-/m1/s1. The van der Waals surface area contributed by atoms with E-state index in [0.717, 1.165) is 6.07 Å². The highest BCUT2D eigenvalue weighted by atomic mass is 19.3. The van der Waals surface area contributed by atoms with Crippen LogP contribution < -0.4 is 16.4 Å². The van der Waals surface area contributed by atoms with E-state index in [1.54, 1.807) is 12.1 Å². The molecule has 3 aromatic rings. The minimum atomic E-state index is -2.77. The lowest BCUT2D eigenvalue weighted by molar-refractivity contribution is 0.0981. The number of ether oxygens (including phenoxy) is 1. The van der Waals surface area contributed by atoms with Crippen molar-refractivity contribution in [3.05, 3.63) is 36.2 Å². The molecular formula is C19H20F2N8O. The van der Waals surface area contributed by atoms with Crippen molar-refractivity contribution in [2.75, 3.05) is 36.1 Å². The Morgan fingerprint density at radius 1 is 1.07 bits per heavy atom. The van der Waals surface area contributed by atoms with E-state index in [9.17, 15) is 8.78 Å². The highest BCUT2D eigenvalue weighted by molar-refractivity contribution is 5.66. The Kier molecular flexibility index (Phi) is 5.36. The first kappa shape index (κ1) is 19.8. The third-order valence-corrected chi connectivity index (χ3v) is 4.73. The van der Waals surface area contributed by atoms with Gasteiger partial charge in [0.1, 0.15) is 11.6 Å². The number of nitrogens with two attached hydrogens (primary N) is 2. The highest BCUT2D eigenvalue weighted by Crippen LogP contribution is 2.32. The second-order valence-corrected chi connectivity index (χ2v) is 6.87. The number of anilines is 3. The summed E-state index contributed by atoms with van der Waals surface area (Å²) >= 11 is 0. The average Bonchev–Trinajstić information content (AvgIpc) is 2.74. The van der Waals surface area contributed by atoms with Gasteiger partial charge in [-0.2, -0.15) is 9.97 Å². The summed E-state index contributed by atoms with van der Waals surface area (Å²) in [5.41, 5.74) is 11.6. The molecular weight excluding hydrogens is 394 g/mol. The van der Waals surface area contributed by atoms with E-state index >= 15 is 0 Å². The number of aromatic nitrogens is 5. The topological polar surface area (TPSA) is 129 Å². The van der Waals surface area contributed by atoms with Crippen molar-refractivity contribution in [1.82, 2.24) is 24.9 Å². The molecule has 1 fully saturated rings. The van der Waals surface area contributed by atoms with Crippen molar-refractivity contribution < 1.29 is 13.5 Å². The number of rotatable bonds is 4. The summed E-state index contributed by atoms with van der Waals surface area (Å²) < 4.78 is 32.8. The van der Waals surface area contributed by atoms with Gasteiger partial charge in [-0.05, 0) is 25.1 Å². The van der Waals surface area contributed by atoms with Crippen LogP contribution in [0, 0.1) is 0 Å². The molecule has 1 saturated heterocycles. The number of halogens is 2. The number of pyridine rings is 2. The molecule has 11 heteroatoms. The van der Waals surface area contributed by atoms with Crippen molar-refractivity contribution in [2.45, 2.75) is 19.4 Å². The molecule has 0 spiro atoms. The molecule has 30 heavy (non-hydrogen) atoms. The lowest BCUT2D eigenvalue weighted by atomic mass is 10.1. The number of hydrogen-bond donors (Lipinski definition) is 2. The molecule has 0 aromatic carbocycles. The molecule has 156 valence electrons. The van der Waals surface area contributed by atoms with Gasteiger partial charge in [0.05, 0.1) is 19.3 Å². The average molecular weight is 414 g/mol. The Bertz CT molecular complexity index is 1050. The van der Waals surface area contributed by atoms with E-state index in [4.69, 9.17) is 16.2 Å². The Hall–Kier alpha value is -3.47. The summed E-state index contributed by atoms with van der Waals surface area (Å²) in [6, 6.07) is 4.46. The molecule has 3 aromatic heterocycles. The maximum Gasteiger partial charge on any atom is 0.264 e. The van der Waals surface area contributed by atoms with Crippen LogP contribution in [0.15, 0.2) is 30.6 Å². The number of hydrogen-bond acceptors (Lipinski definition) is 9. The van der Waals surface area contributed by atoms with Gasteiger partial charge in [0.25, 0.3) is 6.43 Å². The van der Waals surface area contributed by atoms with Crippen LogP contribution >= 0.6 is 0 Å². The van der Waals surface area contributed by atoms with Crippen LogP contribution in [-0.2, 0) is 4.74 Å². The van der Waals surface area contributed by atoms with Gasteiger partial charge >= 0.3 is 0 Å². The summed E-state index contributed by atoms with van der Waals surface area (Å²) in [4.78, 5) is 23.4. The summed E-state index contributed by atoms with van der Waals surface area (Å²) in [5.74, 6) is 1.07. The molecule has 0 bridgehead atoms. The fraction of sp³-hybridized carbons (Fsp3) is 0.316. The molecule has 1 atom stereocenters. The minimum absolute atomic E-state index is 0.00510. The SMILES string of the molecule is C[C@@H]1COCCN1c1nc(-c2ccc(N)nc2)nc(-c2cnc(N)cc2C(F)F)n1. The zero-order chi connectivity index (χ0) is 21.3. The number of nitrogens with zero attached hydrogens (tertiary/aromatic N) is 6. The molecule has 0 saturated carbocycles. The van der Waals surface area contributed by atoms with Gasteiger partial charge in [0.2, 0.25) is 5.95 Å². The molecule has 4 N–H and O–H groups in total. The first-order chi connectivity index (χ1) is 14.4. The smallest absolute Gasteiger partial charge is 0.264 e. The predicted molar refractivity (Wildman–Crippen MR) is 108 cm³/mol. The van der Waals surface area contributed by atoms with E-state index in [2.05, 4.69) is 24.9 Å². The fourth-order valence-electron chi connectivity index (χ4n) is 3.16. The van der Waals surface area contributed by atoms with Crippen molar-refractivity contribution in [3.63, 3.8) is 0 Å². The number of morpholine rings is 1. The van der Waals surface area contributed by atoms with Gasteiger partial charge in [-0.15, -0.1) is 0 Å². The van der Waals surface area contributed by atoms with E-state index < -0.39 is 6.43 Å². The number of alkyl halides is 2. The lowest BCUT2D eigenvalue weighted by Crippen LogP contribution is -2.44. The third-order valence-electron chi connectivity index (χ3n) is 4.73. The molecule has 0 aliphatic carbocycles. The van der Waals surface area contributed by atoms with Gasteiger partial charge in [-0.1, -0.05) is 0 Å². The van der Waals surface area contributed by atoms with Crippen LogP contribution in [-0.4, -0.2) is 50.7 Å². The van der Waals surface area contributed by atoms with Crippen LogP contribution in [0.1, 0.15) is 18.9 Å². The van der Waals surface area contributed by atoms with Crippen LogP contribution in [0.4, 0.5) is 26.4 Å². The number of nitrogen functional groups attached to an aromatic ring is 2. The van der Waals surface area contributed by atoms with Crippen molar-refractivity contribution in [2.24, 2.45) is 0 Å². The second-order valence-electron chi connectivity index (χ2n) is 6.87. The Morgan fingerprint density at radius 3 is 2.53 bits per heavy atom. The highest BCUT2D eigenvalue weighted by Gasteiger charge is 2.25. The first-order valence-corrected chi connectivity index (χ1v) is 9.28. The predicted octanol–water partition coefficient (Wildman–Crippen LogP) is 2.32. The van der Waals surface area contributed by atoms with Crippen molar-refractivity contribution >= 4 is 17.6 Å². The van der Waals surface area contributed by atoms with E-state index in [1.165, 1.54) is 12.4 Å². The summed E-state index contributed by atoms with van der Waals surface area (Å²) in [7, 11) is 0. The molecule has 0 amide bonds. The van der Waals surface area contributed by atoms with Gasteiger partial charge < -0.3 is 21.1 Å². The van der Waals surface area contributed by atoms with Crippen molar-refractivity contribution in [3.8, 4) is 22.8 Å². The Morgan fingerprint density at radius 2 is 1.83 bits per heavy atom. The van der Waals surface area contributed by atoms with Crippen LogP contribution in [0.5, 0.6) is 0 Å². The third kappa shape index (κ3) is 3.96. The van der Waals surface area contributed by atoms with Gasteiger partial charge in [0, 0.05) is 35.6 Å². The molecule has 4 heterocycles. The molecule has 4 rings (SSSR count). The maximum atomic E-state index is 13.7. The Balaban J connectivity index is 1.89. The summed E-state index contributed by atoms with van der Waals surface area (Å²) in [6.07, 6.45) is 0.00869. The van der Waals surface area contributed by atoms with E-state index in [-0.39, 0.29) is 28.8 Å². The molecule has 9 nitrogen and oxygen atoms in total. The normalized spacial score (nSPS) is 16.8. The van der Waals surface area contributed by atoms with Gasteiger partial charge in [-0.3, -0.25) is 0 Å². The fourth-order valence-corrected chi connectivity index (χ4v) is 3.16. The zero-order valence-corrected chi connectivity index (χ0v) is 16.2. The van der Waals surface area contributed by atoms with E-state index in [1.807, 2.05) is 11.8 Å². The van der Waals surface area contributed by atoms with Crippen LogP contribution in [0.25, 0.3) is 22.8 Å². The zero-order valence-electron chi connectivity index (χ0n) is 16.2. The van der Waals surface area contributed by atoms with Gasteiger partial charge in [0.15, 0.2) is 11.6 Å². The lowest BCUT2D eigenvalue weighted by Gasteiger charge is -2.33. The molecule has 0 unspecified atom stereocenters. The Labute approximate surface area is 171 Å². The largest absolute Gasteiger partial charge is 0.384 e. The first-order valence-electron chi connectivity index (χ1n) is 9.28. The maximum absolute atomic E-state index is 13.7. The second kappa shape index (κ2) is 8.11. The molecule has 1 aliphatic heterocycles. The van der Waals surface area contributed by atoms with Crippen LogP contribution in [0.2, 0.25) is 0 Å². The minimum Gasteiger partial charge on any atom is -0.384 e. The van der Waals surface area contributed by atoms with Crippen molar-refractivity contribution in [1.29, 1.82) is 0 Å². The monoisotopic (exact) mass is 414 g/mol. The van der Waals surface area contributed by atoms with Crippen LogP contribution in [0.3, 0.4) is 0 Å².